The van der Waals surface area contributed by atoms with Crippen molar-refractivity contribution in [3.05, 3.63) is 0 Å². The van der Waals surface area contributed by atoms with E-state index in [1.807, 2.05) is 0 Å². The van der Waals surface area contributed by atoms with E-state index < -0.39 is 0 Å². The zero-order chi connectivity index (χ0) is 7.87. The van der Waals surface area contributed by atoms with E-state index >= 15 is 0 Å². The Morgan fingerprint density at radius 3 is 2.92 bits per heavy atom. The molecule has 0 aromatic rings. The van der Waals surface area contributed by atoms with Crippen LogP contribution in [0.3, 0.4) is 0 Å². The molecule has 2 aliphatic heterocycles. The molecule has 2 saturated carbocycles. The van der Waals surface area contributed by atoms with Crippen LogP contribution >= 0.6 is 0 Å². The van der Waals surface area contributed by atoms with Gasteiger partial charge >= 0.3 is 0 Å². The summed E-state index contributed by atoms with van der Waals surface area (Å²) in [6.07, 6.45) is 3.19. The second-order valence-electron chi connectivity index (χ2n) is 5.65. The van der Waals surface area contributed by atoms with Crippen LogP contribution in [0.4, 0.5) is 0 Å². The highest BCUT2D eigenvalue weighted by Crippen LogP contribution is 2.62. The second-order valence-corrected chi connectivity index (χ2v) is 5.65. The molecule has 2 aliphatic carbocycles. The summed E-state index contributed by atoms with van der Waals surface area (Å²) in [5.74, 6) is 5.56. The molecule has 6 atom stereocenters. The van der Waals surface area contributed by atoms with Crippen LogP contribution in [0.25, 0.3) is 0 Å². The van der Waals surface area contributed by atoms with Crippen LogP contribution in [-0.4, -0.2) is 24.0 Å². The summed E-state index contributed by atoms with van der Waals surface area (Å²) >= 11 is 0. The molecule has 0 aromatic carbocycles. The molecule has 4 fully saturated rings. The molecule has 1 nitrogen and oxygen atoms in total. The number of hydrogen-bond acceptors (Lipinski definition) is 1. The van der Waals surface area contributed by atoms with Gasteiger partial charge in [-0.2, -0.15) is 0 Å². The third kappa shape index (κ3) is 0.501. The predicted molar refractivity (Wildman–Crippen MR) is 47.7 cm³/mol. The maximum atomic E-state index is 2.82. The average Bonchev–Trinajstić information content (AvgIpc) is 2.60. The minimum absolute atomic E-state index is 1.02. The fourth-order valence-corrected chi connectivity index (χ4v) is 5.13. The Morgan fingerprint density at radius 2 is 2.00 bits per heavy atom. The van der Waals surface area contributed by atoms with E-state index in [4.69, 9.17) is 0 Å². The van der Waals surface area contributed by atoms with Gasteiger partial charge in [0.15, 0.2) is 0 Å². The molecule has 0 aromatic heterocycles. The maximum absolute atomic E-state index is 2.82. The zero-order valence-electron chi connectivity index (χ0n) is 7.74. The van der Waals surface area contributed by atoms with E-state index in [2.05, 4.69) is 11.8 Å². The molecule has 0 spiro atoms. The van der Waals surface area contributed by atoms with Gasteiger partial charge in [-0.15, -0.1) is 0 Å². The van der Waals surface area contributed by atoms with Crippen molar-refractivity contribution in [3.8, 4) is 0 Å². The summed E-state index contributed by atoms with van der Waals surface area (Å²) in [5, 5.41) is 0. The first-order chi connectivity index (χ1) is 5.84. The lowest BCUT2D eigenvalue weighted by atomic mass is 9.77. The van der Waals surface area contributed by atoms with E-state index in [1.54, 1.807) is 12.8 Å². The van der Waals surface area contributed by atoms with E-state index in [1.165, 1.54) is 13.1 Å². The second kappa shape index (κ2) is 1.75. The largest absolute Gasteiger partial charge is 0.299 e. The van der Waals surface area contributed by atoms with Gasteiger partial charge in [-0.1, -0.05) is 6.92 Å². The number of fused-ring (bicyclic) bond motifs is 2. The van der Waals surface area contributed by atoms with Crippen LogP contribution in [0.2, 0.25) is 0 Å². The third-order valence-corrected chi connectivity index (χ3v) is 5.23. The van der Waals surface area contributed by atoms with E-state index in [-0.39, 0.29) is 0 Å². The maximum Gasteiger partial charge on any atom is 0.0161 e. The summed E-state index contributed by atoms with van der Waals surface area (Å²) in [6, 6.07) is 1.06. The van der Waals surface area contributed by atoms with Crippen molar-refractivity contribution < 1.29 is 0 Å². The zero-order valence-corrected chi connectivity index (χ0v) is 7.74. The number of rotatable bonds is 0. The van der Waals surface area contributed by atoms with Gasteiger partial charge in [0.05, 0.1) is 0 Å². The number of nitrogens with zero attached hydrogens (tertiary/aromatic N) is 1. The van der Waals surface area contributed by atoms with E-state index in [0.29, 0.717) is 0 Å². The summed E-state index contributed by atoms with van der Waals surface area (Å²) in [4.78, 5) is 2.82. The molecule has 5 unspecified atom stereocenters. The minimum atomic E-state index is 1.02. The van der Waals surface area contributed by atoms with Crippen LogP contribution in [0.15, 0.2) is 0 Å². The fraction of sp³-hybridized carbons (Fsp3) is 1.00. The lowest BCUT2D eigenvalue weighted by molar-refractivity contribution is 0.246. The van der Waals surface area contributed by atoms with E-state index in [0.717, 1.165) is 35.6 Å². The van der Waals surface area contributed by atoms with Crippen LogP contribution in [0.5, 0.6) is 0 Å². The molecule has 4 aliphatic rings. The first-order valence-electron chi connectivity index (χ1n) is 5.58. The Morgan fingerprint density at radius 1 is 1.08 bits per heavy atom. The van der Waals surface area contributed by atoms with Gasteiger partial charge in [0.1, 0.15) is 0 Å². The van der Waals surface area contributed by atoms with Crippen molar-refractivity contribution in [2.75, 3.05) is 13.1 Å². The molecule has 12 heavy (non-hydrogen) atoms. The molecular weight excluding hydrogens is 146 g/mol. The van der Waals surface area contributed by atoms with Crippen LogP contribution in [0.1, 0.15) is 19.8 Å². The van der Waals surface area contributed by atoms with Gasteiger partial charge in [-0.25, -0.2) is 0 Å². The van der Waals surface area contributed by atoms with Gasteiger partial charge in [-0.3, -0.25) is 4.90 Å². The molecule has 1 heteroatoms. The van der Waals surface area contributed by atoms with Gasteiger partial charge < -0.3 is 0 Å². The van der Waals surface area contributed by atoms with Crippen molar-refractivity contribution in [1.29, 1.82) is 0 Å². The predicted octanol–water partition coefficient (Wildman–Crippen LogP) is 1.59. The monoisotopic (exact) mass is 163 g/mol. The smallest absolute Gasteiger partial charge is 0.0161 e. The summed E-state index contributed by atoms with van der Waals surface area (Å²) in [6.45, 7) is 5.38. The third-order valence-electron chi connectivity index (χ3n) is 5.23. The SMILES string of the molecule is C[C@H]1CN2CC3CC4CC3C2C41. The van der Waals surface area contributed by atoms with Gasteiger partial charge in [0.25, 0.3) is 0 Å². The van der Waals surface area contributed by atoms with Gasteiger partial charge in [-0.05, 0) is 42.4 Å². The Balaban J connectivity index is 1.86. The normalized spacial score (nSPS) is 66.8. The van der Waals surface area contributed by atoms with Crippen molar-refractivity contribution in [1.82, 2.24) is 4.90 Å². The lowest BCUT2D eigenvalue weighted by Gasteiger charge is -2.26. The summed E-state index contributed by atoms with van der Waals surface area (Å²) in [5.41, 5.74) is 0. The molecule has 2 heterocycles. The first-order valence-corrected chi connectivity index (χ1v) is 5.58. The summed E-state index contributed by atoms with van der Waals surface area (Å²) in [7, 11) is 0. The summed E-state index contributed by atoms with van der Waals surface area (Å²) < 4.78 is 0. The molecule has 0 N–H and O–H groups in total. The van der Waals surface area contributed by atoms with Crippen molar-refractivity contribution in [3.63, 3.8) is 0 Å². The molecular formula is C11H17N. The fourth-order valence-electron chi connectivity index (χ4n) is 5.13. The Bertz CT molecular complexity index is 230. The van der Waals surface area contributed by atoms with Crippen molar-refractivity contribution in [2.45, 2.75) is 25.8 Å². The first kappa shape index (κ1) is 6.42. The molecule has 0 radical (unpaired) electrons. The van der Waals surface area contributed by atoms with Gasteiger partial charge in [0.2, 0.25) is 0 Å². The van der Waals surface area contributed by atoms with Crippen LogP contribution in [-0.2, 0) is 0 Å². The average molecular weight is 163 g/mol. The molecule has 2 saturated heterocycles. The highest BCUT2D eigenvalue weighted by atomic mass is 15.2. The topological polar surface area (TPSA) is 3.24 Å². The Labute approximate surface area is 74.1 Å². The molecule has 4 rings (SSSR count). The van der Waals surface area contributed by atoms with Crippen molar-refractivity contribution >= 4 is 0 Å². The van der Waals surface area contributed by atoms with Crippen LogP contribution < -0.4 is 0 Å². The highest BCUT2D eigenvalue weighted by Gasteiger charge is 2.63. The van der Waals surface area contributed by atoms with Crippen molar-refractivity contribution in [2.24, 2.45) is 29.6 Å². The molecule has 2 bridgehead atoms. The lowest BCUT2D eigenvalue weighted by Crippen LogP contribution is -2.28. The minimum Gasteiger partial charge on any atom is -0.299 e. The van der Waals surface area contributed by atoms with E-state index in [9.17, 15) is 0 Å². The molecule has 0 amide bonds. The number of hydrogen-bond donors (Lipinski definition) is 0. The quantitative estimate of drug-likeness (QED) is 0.524. The van der Waals surface area contributed by atoms with Crippen LogP contribution in [0, 0.1) is 29.6 Å². The van der Waals surface area contributed by atoms with Gasteiger partial charge in [0, 0.05) is 19.1 Å². The Kier molecular flexibility index (Phi) is 0.934. The standard InChI is InChI=1S/C11H17N/c1-6-4-12-5-8-2-7-3-9(8)11(12)10(6)7/h6-11H,2-5H2,1H3/t6-,7?,8?,9?,10?,11?/m0/s1. The Hall–Kier alpha value is -0.0400. The highest BCUT2D eigenvalue weighted by molar-refractivity contribution is 5.14. The molecule has 66 valence electrons.